The van der Waals surface area contributed by atoms with Gasteiger partial charge in [-0.2, -0.15) is 0 Å². The summed E-state index contributed by atoms with van der Waals surface area (Å²) in [5.41, 5.74) is 6.02. The molecule has 2 aliphatic rings. The maximum atomic E-state index is 12.7. The first-order valence-electron chi connectivity index (χ1n) is 7.67. The van der Waals surface area contributed by atoms with Crippen molar-refractivity contribution < 1.29 is 4.79 Å². The second kappa shape index (κ2) is 6.05. The Kier molecular flexibility index (Phi) is 4.66. The van der Waals surface area contributed by atoms with E-state index in [4.69, 9.17) is 5.73 Å². The molecular weight excluding hydrogens is 224 g/mol. The normalized spacial score (nSPS) is 29.8. The molecule has 2 rings (SSSR count). The molecule has 0 aromatic rings. The van der Waals surface area contributed by atoms with Crippen LogP contribution in [0.2, 0.25) is 0 Å². The van der Waals surface area contributed by atoms with Gasteiger partial charge in [0.15, 0.2) is 0 Å². The summed E-state index contributed by atoms with van der Waals surface area (Å²) < 4.78 is 0. The van der Waals surface area contributed by atoms with Crippen LogP contribution in [0, 0.1) is 5.92 Å². The lowest BCUT2D eigenvalue weighted by Gasteiger charge is -2.37. The molecule has 0 radical (unpaired) electrons. The van der Waals surface area contributed by atoms with Crippen LogP contribution in [-0.2, 0) is 4.79 Å². The van der Waals surface area contributed by atoms with Gasteiger partial charge in [0.1, 0.15) is 0 Å². The van der Waals surface area contributed by atoms with E-state index in [1.54, 1.807) is 0 Å². The van der Waals surface area contributed by atoms with Crippen LogP contribution in [0.5, 0.6) is 0 Å². The van der Waals surface area contributed by atoms with Gasteiger partial charge in [0.05, 0.1) is 0 Å². The Morgan fingerprint density at radius 1 is 1.11 bits per heavy atom. The largest absolute Gasteiger partial charge is 0.337 e. The van der Waals surface area contributed by atoms with Gasteiger partial charge in [0.2, 0.25) is 5.91 Å². The van der Waals surface area contributed by atoms with Crippen molar-refractivity contribution in [3.63, 3.8) is 0 Å². The van der Waals surface area contributed by atoms with Gasteiger partial charge in [-0.15, -0.1) is 0 Å². The Morgan fingerprint density at radius 3 is 2.33 bits per heavy atom. The zero-order valence-corrected chi connectivity index (χ0v) is 11.9. The van der Waals surface area contributed by atoms with E-state index in [0.29, 0.717) is 18.0 Å². The number of carbonyl (C=O) groups excluding carboxylic acids is 1. The monoisotopic (exact) mass is 252 g/mol. The van der Waals surface area contributed by atoms with Gasteiger partial charge in [-0.25, -0.2) is 0 Å². The molecule has 0 aromatic carbocycles. The summed E-state index contributed by atoms with van der Waals surface area (Å²) in [6.45, 7) is 4.30. The molecule has 0 heterocycles. The van der Waals surface area contributed by atoms with Crippen LogP contribution in [0.15, 0.2) is 0 Å². The first-order chi connectivity index (χ1) is 8.59. The lowest BCUT2D eigenvalue weighted by molar-refractivity contribution is -0.141. The van der Waals surface area contributed by atoms with Gasteiger partial charge >= 0.3 is 0 Å². The van der Waals surface area contributed by atoms with Crippen LogP contribution in [-0.4, -0.2) is 28.9 Å². The van der Waals surface area contributed by atoms with Gasteiger partial charge in [-0.1, -0.05) is 19.3 Å². The molecule has 2 N–H and O–H groups in total. The molecule has 2 unspecified atom stereocenters. The SMILES string of the molecule is CC(C)N(C(=O)C1CCCC(N)C1)C1CCCC1. The molecule has 2 atom stereocenters. The third kappa shape index (κ3) is 3.05. The molecule has 1 amide bonds. The number of amides is 1. The predicted molar refractivity (Wildman–Crippen MR) is 74.2 cm³/mol. The van der Waals surface area contributed by atoms with Crippen molar-refractivity contribution in [1.82, 2.24) is 4.90 Å². The molecule has 3 heteroatoms. The molecule has 3 nitrogen and oxygen atoms in total. The highest BCUT2D eigenvalue weighted by atomic mass is 16.2. The van der Waals surface area contributed by atoms with Crippen molar-refractivity contribution in [3.05, 3.63) is 0 Å². The van der Waals surface area contributed by atoms with Crippen molar-refractivity contribution in [2.24, 2.45) is 11.7 Å². The number of rotatable bonds is 3. The number of hydrogen-bond acceptors (Lipinski definition) is 2. The highest BCUT2D eigenvalue weighted by Crippen LogP contribution is 2.30. The van der Waals surface area contributed by atoms with E-state index >= 15 is 0 Å². The Labute approximate surface area is 111 Å². The van der Waals surface area contributed by atoms with Crippen LogP contribution in [0.4, 0.5) is 0 Å². The summed E-state index contributed by atoms with van der Waals surface area (Å²) in [6.07, 6.45) is 9.11. The van der Waals surface area contributed by atoms with Crippen molar-refractivity contribution in [3.8, 4) is 0 Å². The van der Waals surface area contributed by atoms with Gasteiger partial charge in [0.25, 0.3) is 0 Å². The van der Waals surface area contributed by atoms with E-state index in [2.05, 4.69) is 18.7 Å². The average molecular weight is 252 g/mol. The van der Waals surface area contributed by atoms with Crippen LogP contribution in [0.1, 0.15) is 65.2 Å². The summed E-state index contributed by atoms with van der Waals surface area (Å²) >= 11 is 0. The fourth-order valence-electron chi connectivity index (χ4n) is 3.70. The van der Waals surface area contributed by atoms with Crippen molar-refractivity contribution >= 4 is 5.91 Å². The van der Waals surface area contributed by atoms with Crippen LogP contribution in [0.25, 0.3) is 0 Å². The minimum absolute atomic E-state index is 0.191. The Hall–Kier alpha value is -0.570. The van der Waals surface area contributed by atoms with E-state index in [1.807, 2.05) is 0 Å². The summed E-state index contributed by atoms with van der Waals surface area (Å²) in [7, 11) is 0. The van der Waals surface area contributed by atoms with Crippen molar-refractivity contribution in [2.75, 3.05) is 0 Å². The van der Waals surface area contributed by atoms with Gasteiger partial charge in [-0.05, 0) is 46.0 Å². The minimum atomic E-state index is 0.191. The zero-order valence-electron chi connectivity index (χ0n) is 11.9. The van der Waals surface area contributed by atoms with Crippen molar-refractivity contribution in [2.45, 2.75) is 83.3 Å². The number of hydrogen-bond donors (Lipinski definition) is 1. The third-order valence-electron chi connectivity index (χ3n) is 4.59. The van der Waals surface area contributed by atoms with E-state index in [-0.39, 0.29) is 12.0 Å². The molecule has 0 spiro atoms. The molecule has 0 aliphatic heterocycles. The quantitative estimate of drug-likeness (QED) is 0.839. The average Bonchev–Trinajstić information content (AvgIpc) is 2.82. The smallest absolute Gasteiger partial charge is 0.226 e. The lowest BCUT2D eigenvalue weighted by Crippen LogP contribution is -2.48. The van der Waals surface area contributed by atoms with Crippen LogP contribution < -0.4 is 5.73 Å². The van der Waals surface area contributed by atoms with E-state index in [0.717, 1.165) is 25.7 Å². The topological polar surface area (TPSA) is 46.3 Å². The summed E-state index contributed by atoms with van der Waals surface area (Å²) in [4.78, 5) is 14.9. The van der Waals surface area contributed by atoms with Gasteiger partial charge in [0, 0.05) is 24.0 Å². The standard InChI is InChI=1S/C15H28N2O/c1-11(2)17(14-8-3-4-9-14)15(18)12-6-5-7-13(16)10-12/h11-14H,3-10,16H2,1-2H3. The molecule has 0 bridgehead atoms. The second-order valence-electron chi connectivity index (χ2n) is 6.40. The molecule has 0 saturated heterocycles. The maximum Gasteiger partial charge on any atom is 0.226 e. The second-order valence-corrected chi connectivity index (χ2v) is 6.40. The Morgan fingerprint density at radius 2 is 1.78 bits per heavy atom. The molecule has 2 aliphatic carbocycles. The molecule has 104 valence electrons. The first-order valence-corrected chi connectivity index (χ1v) is 7.67. The number of nitrogens with zero attached hydrogens (tertiary/aromatic N) is 1. The first kappa shape index (κ1) is 13.9. The Bertz CT molecular complexity index is 284. The van der Waals surface area contributed by atoms with Crippen LogP contribution in [0.3, 0.4) is 0 Å². The van der Waals surface area contributed by atoms with Gasteiger partial charge in [-0.3, -0.25) is 4.79 Å². The maximum absolute atomic E-state index is 12.7. The number of nitrogens with two attached hydrogens (primary N) is 1. The summed E-state index contributed by atoms with van der Waals surface area (Å²) in [6, 6.07) is 1.07. The fourth-order valence-corrected chi connectivity index (χ4v) is 3.70. The highest BCUT2D eigenvalue weighted by Gasteiger charge is 2.34. The van der Waals surface area contributed by atoms with Crippen molar-refractivity contribution in [1.29, 1.82) is 0 Å². The minimum Gasteiger partial charge on any atom is -0.337 e. The zero-order chi connectivity index (χ0) is 13.1. The van der Waals surface area contributed by atoms with E-state index < -0.39 is 0 Å². The van der Waals surface area contributed by atoms with E-state index in [1.165, 1.54) is 25.7 Å². The summed E-state index contributed by atoms with van der Waals surface area (Å²) in [5.74, 6) is 0.573. The third-order valence-corrected chi connectivity index (χ3v) is 4.59. The molecule has 2 saturated carbocycles. The van der Waals surface area contributed by atoms with E-state index in [9.17, 15) is 4.79 Å². The molecule has 0 aromatic heterocycles. The van der Waals surface area contributed by atoms with Gasteiger partial charge < -0.3 is 10.6 Å². The Balaban J connectivity index is 2.02. The lowest BCUT2D eigenvalue weighted by atomic mass is 9.84. The molecular formula is C15H28N2O. The summed E-state index contributed by atoms with van der Waals surface area (Å²) in [5, 5.41) is 0. The molecule has 18 heavy (non-hydrogen) atoms. The number of carbonyl (C=O) groups is 1. The molecule has 2 fully saturated rings. The highest BCUT2D eigenvalue weighted by molar-refractivity contribution is 5.79. The predicted octanol–water partition coefficient (Wildman–Crippen LogP) is 2.68. The van der Waals surface area contributed by atoms with Crippen LogP contribution >= 0.6 is 0 Å². The fraction of sp³-hybridized carbons (Fsp3) is 0.933.